The number of halogens is 1. The normalized spacial score (nSPS) is 28.6. The molecule has 2 bridgehead atoms. The highest BCUT2D eigenvalue weighted by Crippen LogP contribution is 2.69. The number of ketones is 1. The molecule has 2 unspecified atom stereocenters. The third-order valence-electron chi connectivity index (χ3n) is 7.13. The lowest BCUT2D eigenvalue weighted by atomic mass is 9.64. The van der Waals surface area contributed by atoms with Gasteiger partial charge in [-0.15, -0.1) is 0 Å². The Morgan fingerprint density at radius 1 is 0.966 bits per heavy atom. The van der Waals surface area contributed by atoms with Crippen molar-refractivity contribution in [2.45, 2.75) is 33.6 Å². The lowest BCUT2D eigenvalue weighted by Crippen LogP contribution is -2.47. The quantitative estimate of drug-likeness (QED) is 0.588. The third kappa shape index (κ3) is 2.62. The molecule has 2 atom stereocenters. The Morgan fingerprint density at radius 2 is 1.62 bits per heavy atom. The number of nitrogens with one attached hydrogen (secondary N) is 2. The third-order valence-corrected chi connectivity index (χ3v) is 7.13. The van der Waals surface area contributed by atoms with Gasteiger partial charge in [-0.2, -0.15) is 5.10 Å². The van der Waals surface area contributed by atoms with E-state index in [-0.39, 0.29) is 17.5 Å². The van der Waals surface area contributed by atoms with Crippen LogP contribution in [-0.4, -0.2) is 17.4 Å². The maximum absolute atomic E-state index is 13.5. The predicted molar refractivity (Wildman–Crippen MR) is 111 cm³/mol. The van der Waals surface area contributed by atoms with Crippen LogP contribution in [0.4, 0.5) is 15.8 Å². The second-order valence-electron chi connectivity index (χ2n) is 8.59. The molecule has 2 saturated carbocycles. The van der Waals surface area contributed by atoms with E-state index in [1.54, 1.807) is 0 Å². The van der Waals surface area contributed by atoms with Crippen molar-refractivity contribution in [1.82, 2.24) is 0 Å². The summed E-state index contributed by atoms with van der Waals surface area (Å²) in [6, 6.07) is 15.0. The highest BCUT2D eigenvalue weighted by atomic mass is 19.1. The largest absolute Gasteiger partial charge is 0.325 e. The molecule has 29 heavy (non-hydrogen) atoms. The van der Waals surface area contributed by atoms with Crippen molar-refractivity contribution in [3.05, 3.63) is 60.4 Å². The summed E-state index contributed by atoms with van der Waals surface area (Å²) in [5, 5.41) is 7.28. The van der Waals surface area contributed by atoms with Gasteiger partial charge in [0.1, 0.15) is 16.9 Å². The Bertz CT molecular complexity index is 1000. The first-order valence-electron chi connectivity index (χ1n) is 9.73. The molecule has 5 nitrogen and oxygen atoms in total. The minimum atomic E-state index is -1.20. The van der Waals surface area contributed by atoms with Gasteiger partial charge in [0, 0.05) is 11.1 Å². The van der Waals surface area contributed by atoms with Crippen molar-refractivity contribution >= 4 is 28.8 Å². The van der Waals surface area contributed by atoms with Crippen molar-refractivity contribution < 1.29 is 14.0 Å². The van der Waals surface area contributed by atoms with E-state index in [1.807, 2.05) is 51.1 Å². The van der Waals surface area contributed by atoms with Crippen LogP contribution in [0.1, 0.15) is 33.6 Å². The molecule has 2 fully saturated rings. The average Bonchev–Trinajstić information content (AvgIpc) is 2.98. The fourth-order valence-corrected chi connectivity index (χ4v) is 4.88. The van der Waals surface area contributed by atoms with E-state index < -0.39 is 16.2 Å². The molecule has 4 rings (SSSR count). The topological polar surface area (TPSA) is 70.6 Å². The Hall–Kier alpha value is -3.02. The smallest absolute Gasteiger partial charge is 0.239 e. The summed E-state index contributed by atoms with van der Waals surface area (Å²) in [6.07, 6.45) is 1.16. The van der Waals surface area contributed by atoms with Crippen LogP contribution in [0.25, 0.3) is 0 Å². The van der Waals surface area contributed by atoms with Crippen LogP contribution < -0.4 is 10.7 Å². The van der Waals surface area contributed by atoms with E-state index >= 15 is 0 Å². The summed E-state index contributed by atoms with van der Waals surface area (Å²) in [5.41, 5.74) is 2.29. The number of benzene rings is 2. The molecule has 0 aromatic heterocycles. The number of rotatable bonds is 4. The van der Waals surface area contributed by atoms with E-state index in [2.05, 4.69) is 15.8 Å². The number of hydrogen-bond donors (Lipinski definition) is 2. The number of carbonyl (C=O) groups is 2. The lowest BCUT2D eigenvalue weighted by Gasteiger charge is -2.37. The first kappa shape index (κ1) is 19.3. The number of nitrogens with zero attached hydrogens (tertiary/aromatic N) is 1. The van der Waals surface area contributed by atoms with Crippen LogP contribution in [0, 0.1) is 22.1 Å². The number of hydrazone groups is 1. The van der Waals surface area contributed by atoms with Crippen molar-refractivity contribution in [2.24, 2.45) is 21.3 Å². The number of Topliss-reactive ketones (excluding diaryl/α,β-unsaturated/α-hetero) is 1. The highest BCUT2D eigenvalue weighted by molar-refractivity contribution is 6.51. The van der Waals surface area contributed by atoms with E-state index in [9.17, 15) is 14.0 Å². The Morgan fingerprint density at radius 3 is 2.28 bits per heavy atom. The van der Waals surface area contributed by atoms with Gasteiger partial charge in [-0.1, -0.05) is 39.0 Å². The number of carbonyl (C=O) groups excluding carboxylic acids is 2. The zero-order valence-electron chi connectivity index (χ0n) is 16.8. The van der Waals surface area contributed by atoms with Gasteiger partial charge < -0.3 is 5.32 Å². The first-order valence-corrected chi connectivity index (χ1v) is 9.73. The van der Waals surface area contributed by atoms with Gasteiger partial charge in [-0.05, 0) is 54.7 Å². The number of hydrogen-bond acceptors (Lipinski definition) is 4. The molecule has 0 radical (unpaired) electrons. The molecule has 2 aromatic rings. The summed E-state index contributed by atoms with van der Waals surface area (Å²) in [7, 11) is 0. The molecular weight excluding hydrogens is 369 g/mol. The van der Waals surface area contributed by atoms with Crippen molar-refractivity contribution in [3.8, 4) is 0 Å². The van der Waals surface area contributed by atoms with E-state index in [1.165, 1.54) is 24.3 Å². The second kappa shape index (κ2) is 6.51. The maximum Gasteiger partial charge on any atom is 0.239 e. The minimum absolute atomic E-state index is 0.237. The summed E-state index contributed by atoms with van der Waals surface area (Å²) in [5.74, 6) is -0.972. The van der Waals surface area contributed by atoms with Crippen molar-refractivity contribution in [1.29, 1.82) is 0 Å². The first-order chi connectivity index (χ1) is 13.7. The fourth-order valence-electron chi connectivity index (χ4n) is 4.88. The number of anilines is 2. The molecular formula is C23H24FN3O2. The van der Waals surface area contributed by atoms with Crippen LogP contribution in [0.2, 0.25) is 0 Å². The molecule has 2 aromatic carbocycles. The summed E-state index contributed by atoms with van der Waals surface area (Å²) in [4.78, 5) is 26.9. The van der Waals surface area contributed by atoms with Crippen LogP contribution in [0.5, 0.6) is 0 Å². The van der Waals surface area contributed by atoms with Crippen molar-refractivity contribution in [2.75, 3.05) is 10.7 Å². The molecule has 6 heteroatoms. The van der Waals surface area contributed by atoms with Gasteiger partial charge in [0.15, 0.2) is 5.78 Å². The Kier molecular flexibility index (Phi) is 4.33. The van der Waals surface area contributed by atoms with Gasteiger partial charge in [-0.25, -0.2) is 4.39 Å². The second-order valence-corrected chi connectivity index (χ2v) is 8.59. The number of fused-ring (bicyclic) bond motifs is 2. The van der Waals surface area contributed by atoms with Gasteiger partial charge in [0.05, 0.1) is 5.69 Å². The molecule has 1 amide bonds. The molecule has 0 saturated heterocycles. The average molecular weight is 393 g/mol. The van der Waals surface area contributed by atoms with Crippen LogP contribution in [-0.2, 0) is 9.59 Å². The lowest BCUT2D eigenvalue weighted by molar-refractivity contribution is -0.139. The van der Waals surface area contributed by atoms with E-state index in [0.717, 1.165) is 5.69 Å². The monoisotopic (exact) mass is 393 g/mol. The van der Waals surface area contributed by atoms with E-state index in [4.69, 9.17) is 0 Å². The van der Waals surface area contributed by atoms with Crippen LogP contribution in [0.3, 0.4) is 0 Å². The Labute approximate surface area is 169 Å². The van der Waals surface area contributed by atoms with Crippen molar-refractivity contribution in [3.63, 3.8) is 0 Å². The van der Waals surface area contributed by atoms with Gasteiger partial charge >= 0.3 is 0 Å². The number of amides is 1. The molecule has 2 aliphatic carbocycles. The standard InChI is InChI=1S/C23H24FN3O2/c1-21(2)22(3)13-14-23(21,20(29)25-16-11-9-15(24)10-12-16)19(28)18(22)27-26-17-7-5-4-6-8-17/h4-12,26H,13-14H2,1-3H3,(H,25,29)/b27-18+. The molecule has 2 N–H and O–H groups in total. The Balaban J connectivity index is 1.69. The predicted octanol–water partition coefficient (Wildman–Crippen LogP) is 4.63. The number of para-hydroxylation sites is 1. The summed E-state index contributed by atoms with van der Waals surface area (Å²) < 4.78 is 13.2. The molecule has 0 spiro atoms. The molecule has 0 aliphatic heterocycles. The zero-order valence-corrected chi connectivity index (χ0v) is 16.8. The highest BCUT2D eigenvalue weighted by Gasteiger charge is 2.76. The zero-order chi connectivity index (χ0) is 20.9. The van der Waals surface area contributed by atoms with Gasteiger partial charge in [-0.3, -0.25) is 15.0 Å². The molecule has 150 valence electrons. The summed E-state index contributed by atoms with van der Waals surface area (Å²) in [6.45, 7) is 5.94. The van der Waals surface area contributed by atoms with Crippen LogP contribution >= 0.6 is 0 Å². The van der Waals surface area contributed by atoms with E-state index in [0.29, 0.717) is 24.2 Å². The van der Waals surface area contributed by atoms with Gasteiger partial charge in [0.2, 0.25) is 5.91 Å². The maximum atomic E-state index is 13.5. The minimum Gasteiger partial charge on any atom is -0.325 e. The summed E-state index contributed by atoms with van der Waals surface area (Å²) >= 11 is 0. The van der Waals surface area contributed by atoms with Gasteiger partial charge in [0.25, 0.3) is 0 Å². The molecule has 2 aliphatic rings. The molecule has 0 heterocycles. The van der Waals surface area contributed by atoms with Crippen LogP contribution in [0.15, 0.2) is 59.7 Å². The fraction of sp³-hybridized carbons (Fsp3) is 0.348. The SMILES string of the molecule is CC12CCC(C(=O)Nc3ccc(F)cc3)(C(=O)/C1=N\Nc1ccccc1)C2(C)C.